The quantitative estimate of drug-likeness (QED) is 0.808. The molecule has 8 heteroatoms. The molecule has 0 fully saturated rings. The molecule has 0 aliphatic heterocycles. The number of phenolic OH excluding ortho intramolecular Hbond substituents is 1. The summed E-state index contributed by atoms with van der Waals surface area (Å²) in [5.74, 6) is -0.898. The topological polar surface area (TPSA) is 83.6 Å². The Morgan fingerprint density at radius 1 is 1.24 bits per heavy atom. The first-order chi connectivity index (χ1) is 9.73. The van der Waals surface area contributed by atoms with Crippen molar-refractivity contribution in [2.24, 2.45) is 0 Å². The number of benzene rings is 2. The molecule has 0 saturated carbocycles. The molecule has 0 bridgehead atoms. The van der Waals surface area contributed by atoms with Crippen LogP contribution >= 0.6 is 15.9 Å². The second kappa shape index (κ2) is 5.53. The number of rotatable bonds is 3. The van der Waals surface area contributed by atoms with Gasteiger partial charge in [-0.1, -0.05) is 0 Å². The van der Waals surface area contributed by atoms with E-state index in [1.807, 2.05) is 0 Å². The lowest BCUT2D eigenvalue weighted by molar-refractivity contribution is 0.475. The molecule has 2 rings (SSSR count). The molecule has 2 aromatic carbocycles. The standard InChI is InChI=1S/C13H12BrFN2O3S/c1-17(8-2-4-9(18)5-3-8)21(19,20)13-7-12(16)10(14)6-11(13)15/h2-7,18H,16H2,1H3. The Kier molecular flexibility index (Phi) is 4.11. The molecule has 0 unspecified atom stereocenters. The first-order valence-corrected chi connectivity index (χ1v) is 7.99. The number of nitrogens with two attached hydrogens (primary N) is 1. The molecule has 0 heterocycles. The molecule has 0 aliphatic rings. The van der Waals surface area contributed by atoms with Gasteiger partial charge in [-0.2, -0.15) is 0 Å². The molecule has 21 heavy (non-hydrogen) atoms. The van der Waals surface area contributed by atoms with Gasteiger partial charge >= 0.3 is 0 Å². The summed E-state index contributed by atoms with van der Waals surface area (Å²) in [4.78, 5) is -0.515. The van der Waals surface area contributed by atoms with E-state index in [0.29, 0.717) is 0 Å². The minimum atomic E-state index is -4.10. The number of aromatic hydroxyl groups is 1. The van der Waals surface area contributed by atoms with Crippen molar-refractivity contribution in [1.82, 2.24) is 0 Å². The molecular formula is C13H12BrFN2O3S. The van der Waals surface area contributed by atoms with Crippen LogP contribution in [0, 0.1) is 5.82 Å². The van der Waals surface area contributed by atoms with Gasteiger partial charge in [0.05, 0.1) is 5.69 Å². The predicted molar refractivity (Wildman–Crippen MR) is 82.2 cm³/mol. The highest BCUT2D eigenvalue weighted by Crippen LogP contribution is 2.30. The second-order valence-corrected chi connectivity index (χ2v) is 7.09. The van der Waals surface area contributed by atoms with Gasteiger partial charge in [0.15, 0.2) is 0 Å². The van der Waals surface area contributed by atoms with E-state index in [4.69, 9.17) is 5.73 Å². The fraction of sp³-hybridized carbons (Fsp3) is 0.0769. The average Bonchev–Trinajstić information content (AvgIpc) is 2.42. The van der Waals surface area contributed by atoms with Crippen LogP contribution < -0.4 is 10.0 Å². The van der Waals surface area contributed by atoms with Gasteiger partial charge < -0.3 is 10.8 Å². The number of hydrogen-bond donors (Lipinski definition) is 2. The monoisotopic (exact) mass is 374 g/mol. The maximum Gasteiger partial charge on any atom is 0.267 e. The zero-order valence-electron chi connectivity index (χ0n) is 10.9. The number of halogens is 2. The van der Waals surface area contributed by atoms with Crippen molar-refractivity contribution in [2.45, 2.75) is 4.90 Å². The summed E-state index contributed by atoms with van der Waals surface area (Å²) in [7, 11) is -2.81. The minimum Gasteiger partial charge on any atom is -0.508 e. The molecule has 3 N–H and O–H groups in total. The highest BCUT2D eigenvalue weighted by Gasteiger charge is 2.26. The summed E-state index contributed by atoms with van der Waals surface area (Å²) in [6, 6.07) is 7.57. The second-order valence-electron chi connectivity index (χ2n) is 4.29. The number of nitrogen functional groups attached to an aromatic ring is 1. The maximum atomic E-state index is 13.9. The third-order valence-electron chi connectivity index (χ3n) is 2.90. The number of sulfonamides is 1. The Balaban J connectivity index is 2.51. The van der Waals surface area contributed by atoms with Crippen molar-refractivity contribution in [3.05, 3.63) is 46.7 Å². The van der Waals surface area contributed by atoms with Crippen molar-refractivity contribution in [3.8, 4) is 5.75 Å². The van der Waals surface area contributed by atoms with Gasteiger partial charge in [0, 0.05) is 17.2 Å². The van der Waals surface area contributed by atoms with E-state index in [9.17, 15) is 17.9 Å². The molecule has 0 amide bonds. The number of nitrogens with zero attached hydrogens (tertiary/aromatic N) is 1. The molecule has 0 spiro atoms. The number of anilines is 2. The third kappa shape index (κ3) is 2.96. The summed E-state index contributed by atoms with van der Waals surface area (Å²) >= 11 is 3.04. The van der Waals surface area contributed by atoms with E-state index in [0.717, 1.165) is 16.4 Å². The Labute approximate surface area is 130 Å². The summed E-state index contributed by atoms with van der Waals surface area (Å²) in [6.07, 6.45) is 0. The van der Waals surface area contributed by atoms with Crippen LogP contribution in [0.4, 0.5) is 15.8 Å². The third-order valence-corrected chi connectivity index (χ3v) is 5.39. The van der Waals surface area contributed by atoms with Crippen LogP contribution in [0.3, 0.4) is 0 Å². The van der Waals surface area contributed by atoms with Crippen LogP contribution in [-0.4, -0.2) is 20.6 Å². The van der Waals surface area contributed by atoms with Gasteiger partial charge in [-0.25, -0.2) is 12.8 Å². The van der Waals surface area contributed by atoms with Gasteiger partial charge in [-0.3, -0.25) is 4.31 Å². The molecule has 0 atom stereocenters. The van der Waals surface area contributed by atoms with Crippen LogP contribution in [0.15, 0.2) is 45.8 Å². The average molecular weight is 375 g/mol. The minimum absolute atomic E-state index is 0.00335. The van der Waals surface area contributed by atoms with E-state index >= 15 is 0 Å². The lowest BCUT2D eigenvalue weighted by atomic mass is 10.3. The zero-order valence-corrected chi connectivity index (χ0v) is 13.3. The molecular weight excluding hydrogens is 363 g/mol. The van der Waals surface area contributed by atoms with Gasteiger partial charge in [0.25, 0.3) is 10.0 Å². The summed E-state index contributed by atoms with van der Waals surface area (Å²) in [6.45, 7) is 0. The normalized spacial score (nSPS) is 11.4. The molecule has 0 saturated heterocycles. The highest BCUT2D eigenvalue weighted by atomic mass is 79.9. The molecule has 0 aliphatic carbocycles. The molecule has 0 radical (unpaired) electrons. The predicted octanol–water partition coefficient (Wildman–Crippen LogP) is 2.70. The van der Waals surface area contributed by atoms with Crippen LogP contribution in [0.5, 0.6) is 5.75 Å². The lowest BCUT2D eigenvalue weighted by Crippen LogP contribution is -2.27. The Bertz CT molecular complexity index is 779. The fourth-order valence-electron chi connectivity index (χ4n) is 1.69. The van der Waals surface area contributed by atoms with Crippen LogP contribution in [0.25, 0.3) is 0 Å². The first-order valence-electron chi connectivity index (χ1n) is 5.76. The van der Waals surface area contributed by atoms with Crippen LogP contribution in [-0.2, 0) is 10.0 Å². The van der Waals surface area contributed by atoms with E-state index in [1.165, 1.54) is 31.3 Å². The van der Waals surface area contributed by atoms with Crippen molar-refractivity contribution in [1.29, 1.82) is 0 Å². The number of phenols is 1. The summed E-state index contributed by atoms with van der Waals surface area (Å²) < 4.78 is 40.0. The van der Waals surface area contributed by atoms with Gasteiger partial charge in [0.2, 0.25) is 0 Å². The van der Waals surface area contributed by atoms with Crippen molar-refractivity contribution >= 4 is 37.3 Å². The SMILES string of the molecule is CN(c1ccc(O)cc1)S(=O)(=O)c1cc(N)c(Br)cc1F. The zero-order chi connectivity index (χ0) is 15.8. The van der Waals surface area contributed by atoms with Crippen molar-refractivity contribution in [2.75, 3.05) is 17.1 Å². The summed E-state index contributed by atoms with van der Waals surface area (Å²) in [5, 5.41) is 9.22. The van der Waals surface area contributed by atoms with Gasteiger partial charge in [-0.05, 0) is 52.3 Å². The Hall–Kier alpha value is -1.80. The molecule has 112 valence electrons. The van der Waals surface area contributed by atoms with Crippen molar-refractivity contribution in [3.63, 3.8) is 0 Å². The Morgan fingerprint density at radius 2 is 1.81 bits per heavy atom. The molecule has 0 aromatic heterocycles. The maximum absolute atomic E-state index is 13.9. The molecule has 5 nitrogen and oxygen atoms in total. The smallest absolute Gasteiger partial charge is 0.267 e. The van der Waals surface area contributed by atoms with Crippen LogP contribution in [0.1, 0.15) is 0 Å². The van der Waals surface area contributed by atoms with Gasteiger partial charge in [0.1, 0.15) is 16.5 Å². The number of hydrogen-bond acceptors (Lipinski definition) is 4. The highest BCUT2D eigenvalue weighted by molar-refractivity contribution is 9.10. The molecule has 2 aromatic rings. The van der Waals surface area contributed by atoms with Crippen molar-refractivity contribution < 1.29 is 17.9 Å². The first kappa shape index (κ1) is 15.6. The van der Waals surface area contributed by atoms with Crippen LogP contribution in [0.2, 0.25) is 0 Å². The summed E-state index contributed by atoms with van der Waals surface area (Å²) in [5.41, 5.74) is 6.02. The Morgan fingerprint density at radius 3 is 2.38 bits per heavy atom. The van der Waals surface area contributed by atoms with E-state index in [2.05, 4.69) is 15.9 Å². The largest absolute Gasteiger partial charge is 0.508 e. The van der Waals surface area contributed by atoms with Gasteiger partial charge in [-0.15, -0.1) is 0 Å². The lowest BCUT2D eigenvalue weighted by Gasteiger charge is -2.20. The van der Waals surface area contributed by atoms with E-state index < -0.39 is 20.7 Å². The van der Waals surface area contributed by atoms with E-state index in [1.54, 1.807) is 0 Å². The fourth-order valence-corrected chi connectivity index (χ4v) is 3.28. The van der Waals surface area contributed by atoms with E-state index in [-0.39, 0.29) is 21.6 Å².